The number of nitrogens with one attached hydrogen (secondary N) is 2. The quantitative estimate of drug-likeness (QED) is 0.711. The molecule has 0 spiro atoms. The third kappa shape index (κ3) is 4.74. The zero-order chi connectivity index (χ0) is 19.4. The first kappa shape index (κ1) is 19.1. The molecule has 1 unspecified atom stereocenters. The molecule has 3 N–H and O–H groups in total. The average Bonchev–Trinajstić information content (AvgIpc) is 3.13. The van der Waals surface area contributed by atoms with Crippen molar-refractivity contribution >= 4 is 29.1 Å². The number of thiophene rings is 1. The topological polar surface area (TPSA) is 95.5 Å². The molecule has 0 fully saturated rings. The summed E-state index contributed by atoms with van der Waals surface area (Å²) in [7, 11) is 0. The highest BCUT2D eigenvalue weighted by molar-refractivity contribution is 7.14. The Morgan fingerprint density at radius 2 is 2.00 bits per heavy atom. The van der Waals surface area contributed by atoms with E-state index in [2.05, 4.69) is 10.6 Å². The number of carboxylic acid groups (broad SMARTS) is 1. The molecule has 1 atom stereocenters. The van der Waals surface area contributed by atoms with Gasteiger partial charge in [0.05, 0.1) is 17.0 Å². The van der Waals surface area contributed by atoms with Crippen molar-refractivity contribution in [1.82, 2.24) is 10.6 Å². The molecule has 0 saturated carbocycles. The van der Waals surface area contributed by atoms with Crippen LogP contribution in [-0.4, -0.2) is 29.4 Å². The van der Waals surface area contributed by atoms with Gasteiger partial charge in [-0.15, -0.1) is 11.3 Å². The van der Waals surface area contributed by atoms with Gasteiger partial charge >= 0.3 is 5.97 Å². The lowest BCUT2D eigenvalue weighted by Gasteiger charge is -2.26. The molecule has 27 heavy (non-hydrogen) atoms. The summed E-state index contributed by atoms with van der Waals surface area (Å²) in [5.74, 6) is -1.06. The maximum atomic E-state index is 12.4. The fourth-order valence-electron chi connectivity index (χ4n) is 3.35. The van der Waals surface area contributed by atoms with Crippen LogP contribution in [0.15, 0.2) is 30.3 Å². The number of carbonyl (C=O) groups is 3. The van der Waals surface area contributed by atoms with Crippen LogP contribution < -0.4 is 10.6 Å². The Morgan fingerprint density at radius 3 is 2.74 bits per heavy atom. The Hall–Kier alpha value is -2.67. The van der Waals surface area contributed by atoms with E-state index in [9.17, 15) is 19.5 Å². The second-order valence-corrected chi connectivity index (χ2v) is 7.86. The van der Waals surface area contributed by atoms with Crippen molar-refractivity contribution in [3.05, 3.63) is 56.8 Å². The lowest BCUT2D eigenvalue weighted by molar-refractivity contribution is -0.119. The number of aromatic carboxylic acids is 1. The van der Waals surface area contributed by atoms with Gasteiger partial charge in [0.1, 0.15) is 0 Å². The molecule has 1 aromatic heterocycles. The minimum absolute atomic E-state index is 0.105. The van der Waals surface area contributed by atoms with Gasteiger partial charge in [-0.05, 0) is 54.7 Å². The molecule has 1 aromatic carbocycles. The van der Waals surface area contributed by atoms with Gasteiger partial charge in [-0.25, -0.2) is 4.79 Å². The lowest BCUT2D eigenvalue weighted by atomic mass is 9.82. The van der Waals surface area contributed by atoms with Gasteiger partial charge in [-0.2, -0.15) is 0 Å². The zero-order valence-electron chi connectivity index (χ0n) is 15.1. The predicted octanol–water partition coefficient (Wildman–Crippen LogP) is 2.93. The molecule has 0 aliphatic heterocycles. The molecule has 1 aliphatic carbocycles. The van der Waals surface area contributed by atoms with Gasteiger partial charge < -0.3 is 15.7 Å². The number of carboxylic acids is 1. The van der Waals surface area contributed by atoms with E-state index in [0.29, 0.717) is 18.0 Å². The van der Waals surface area contributed by atoms with Crippen molar-refractivity contribution < 1.29 is 19.5 Å². The van der Waals surface area contributed by atoms with Gasteiger partial charge in [0, 0.05) is 24.3 Å². The van der Waals surface area contributed by atoms with E-state index in [1.807, 2.05) is 12.1 Å². The first-order chi connectivity index (χ1) is 12.9. The molecule has 0 bridgehead atoms. The van der Waals surface area contributed by atoms with Crippen LogP contribution in [0.2, 0.25) is 0 Å². The van der Waals surface area contributed by atoms with E-state index in [4.69, 9.17) is 0 Å². The van der Waals surface area contributed by atoms with E-state index in [1.54, 1.807) is 18.2 Å². The Kier molecular flexibility index (Phi) is 5.91. The molecule has 0 saturated heterocycles. The zero-order valence-corrected chi connectivity index (χ0v) is 15.9. The summed E-state index contributed by atoms with van der Waals surface area (Å²) in [6.07, 6.45) is 2.89. The van der Waals surface area contributed by atoms with E-state index < -0.39 is 5.97 Å². The van der Waals surface area contributed by atoms with Crippen molar-refractivity contribution in [1.29, 1.82) is 0 Å². The third-order valence-corrected chi connectivity index (χ3v) is 5.82. The molecule has 7 heteroatoms. The van der Waals surface area contributed by atoms with Gasteiger partial charge in [-0.1, -0.05) is 6.07 Å². The maximum Gasteiger partial charge on any atom is 0.335 e. The van der Waals surface area contributed by atoms with Crippen molar-refractivity contribution in [2.45, 2.75) is 38.6 Å². The van der Waals surface area contributed by atoms with Crippen LogP contribution in [0.3, 0.4) is 0 Å². The monoisotopic (exact) mass is 386 g/mol. The number of carbonyl (C=O) groups excluding carboxylic acids is 2. The molecule has 2 aromatic rings. The number of hydrogen-bond acceptors (Lipinski definition) is 4. The molecular formula is C20H22N2O4S. The first-order valence-corrected chi connectivity index (χ1v) is 9.73. The third-order valence-electron chi connectivity index (χ3n) is 4.74. The minimum atomic E-state index is -0.934. The summed E-state index contributed by atoms with van der Waals surface area (Å²) < 4.78 is 0. The molecule has 142 valence electrons. The van der Waals surface area contributed by atoms with Gasteiger partial charge in [0.25, 0.3) is 5.91 Å². The number of aryl methyl sites for hydroxylation is 1. The standard InChI is InChI=1S/C20H22N2O4S/c1-12(23)21-11-16-7-8-18(27-16)19(24)22-10-15-4-2-3-13-5-6-14(20(25)26)9-17(13)15/h5-9,15H,2-4,10-11H2,1H3,(H,21,23)(H,22,24)(H,25,26). The summed E-state index contributed by atoms with van der Waals surface area (Å²) in [5.41, 5.74) is 2.48. The summed E-state index contributed by atoms with van der Waals surface area (Å²) >= 11 is 1.36. The van der Waals surface area contributed by atoms with Crippen LogP contribution in [-0.2, 0) is 17.8 Å². The molecule has 3 rings (SSSR count). The molecule has 0 radical (unpaired) electrons. The summed E-state index contributed by atoms with van der Waals surface area (Å²) in [6.45, 7) is 2.36. The van der Waals surface area contributed by atoms with Crippen LogP contribution in [0.1, 0.15) is 61.7 Å². The Balaban J connectivity index is 1.64. The SMILES string of the molecule is CC(=O)NCc1ccc(C(=O)NCC2CCCc3ccc(C(=O)O)cc32)s1. The molecule has 1 aliphatic rings. The number of benzene rings is 1. The first-order valence-electron chi connectivity index (χ1n) is 8.91. The van der Waals surface area contributed by atoms with Crippen molar-refractivity contribution in [3.8, 4) is 0 Å². The van der Waals surface area contributed by atoms with E-state index >= 15 is 0 Å². The molecular weight excluding hydrogens is 364 g/mol. The summed E-state index contributed by atoms with van der Waals surface area (Å²) in [5, 5.41) is 14.9. The normalized spacial score (nSPS) is 15.7. The van der Waals surface area contributed by atoms with E-state index in [0.717, 1.165) is 29.7 Å². The van der Waals surface area contributed by atoms with E-state index in [1.165, 1.54) is 23.8 Å². The van der Waals surface area contributed by atoms with Crippen molar-refractivity contribution in [2.75, 3.05) is 6.54 Å². The Bertz CT molecular complexity index is 875. The Morgan fingerprint density at radius 1 is 1.19 bits per heavy atom. The average molecular weight is 386 g/mol. The van der Waals surface area contributed by atoms with Gasteiger partial charge in [0.15, 0.2) is 0 Å². The second-order valence-electron chi connectivity index (χ2n) is 6.69. The lowest BCUT2D eigenvalue weighted by Crippen LogP contribution is -2.29. The predicted molar refractivity (Wildman–Crippen MR) is 103 cm³/mol. The van der Waals surface area contributed by atoms with Crippen LogP contribution in [0, 0.1) is 0 Å². The van der Waals surface area contributed by atoms with Crippen molar-refractivity contribution in [2.24, 2.45) is 0 Å². The van der Waals surface area contributed by atoms with Crippen LogP contribution in [0.25, 0.3) is 0 Å². The summed E-state index contributed by atoms with van der Waals surface area (Å²) in [6, 6.07) is 8.87. The number of rotatable bonds is 6. The number of fused-ring (bicyclic) bond motifs is 1. The minimum Gasteiger partial charge on any atom is -0.478 e. The van der Waals surface area contributed by atoms with Gasteiger partial charge in [-0.3, -0.25) is 9.59 Å². The number of hydrogen-bond donors (Lipinski definition) is 3. The van der Waals surface area contributed by atoms with Crippen LogP contribution in [0.5, 0.6) is 0 Å². The number of amides is 2. The maximum absolute atomic E-state index is 12.4. The Labute approximate surface area is 161 Å². The fraction of sp³-hybridized carbons (Fsp3) is 0.350. The highest BCUT2D eigenvalue weighted by atomic mass is 32.1. The highest BCUT2D eigenvalue weighted by Gasteiger charge is 2.22. The fourth-order valence-corrected chi connectivity index (χ4v) is 4.22. The van der Waals surface area contributed by atoms with Crippen LogP contribution >= 0.6 is 11.3 Å². The van der Waals surface area contributed by atoms with Gasteiger partial charge in [0.2, 0.25) is 5.91 Å². The second kappa shape index (κ2) is 8.35. The van der Waals surface area contributed by atoms with Crippen molar-refractivity contribution in [3.63, 3.8) is 0 Å². The molecule has 1 heterocycles. The largest absolute Gasteiger partial charge is 0.478 e. The summed E-state index contributed by atoms with van der Waals surface area (Å²) in [4.78, 5) is 36.2. The molecule has 6 nitrogen and oxygen atoms in total. The van der Waals surface area contributed by atoms with Crippen LogP contribution in [0.4, 0.5) is 0 Å². The smallest absolute Gasteiger partial charge is 0.335 e. The highest BCUT2D eigenvalue weighted by Crippen LogP contribution is 2.32. The molecule has 2 amide bonds. The van der Waals surface area contributed by atoms with E-state index in [-0.39, 0.29) is 23.3 Å².